The molecule has 1 aromatic heterocycles. The Morgan fingerprint density at radius 2 is 2.24 bits per heavy atom. The Kier molecular flexibility index (Phi) is 3.33. The molecule has 2 unspecified atom stereocenters. The lowest BCUT2D eigenvalue weighted by molar-refractivity contribution is 0.0341. The van der Waals surface area contributed by atoms with Crippen LogP contribution in [0.3, 0.4) is 0 Å². The average molecular weight is 238 g/mol. The van der Waals surface area contributed by atoms with Crippen LogP contribution >= 0.6 is 0 Å². The first-order chi connectivity index (χ1) is 8.13. The van der Waals surface area contributed by atoms with Gasteiger partial charge < -0.3 is 20.1 Å². The van der Waals surface area contributed by atoms with Crippen molar-refractivity contribution in [3.05, 3.63) is 6.33 Å². The molecule has 2 atom stereocenters. The summed E-state index contributed by atoms with van der Waals surface area (Å²) in [5.41, 5.74) is 6.48. The van der Waals surface area contributed by atoms with Gasteiger partial charge in [0.1, 0.15) is 12.0 Å². The van der Waals surface area contributed by atoms with Crippen molar-refractivity contribution in [2.45, 2.75) is 26.0 Å². The van der Waals surface area contributed by atoms with E-state index in [0.29, 0.717) is 18.2 Å². The molecule has 0 saturated carbocycles. The van der Waals surface area contributed by atoms with Gasteiger partial charge in [-0.3, -0.25) is 0 Å². The minimum absolute atomic E-state index is 0.173. The third-order valence-electron chi connectivity index (χ3n) is 2.90. The predicted octanol–water partition coefficient (Wildman–Crippen LogP) is 0.681. The summed E-state index contributed by atoms with van der Waals surface area (Å²) >= 11 is 0. The number of anilines is 2. The van der Waals surface area contributed by atoms with Gasteiger partial charge in [-0.15, -0.1) is 0 Å². The van der Waals surface area contributed by atoms with Crippen LogP contribution in [-0.4, -0.2) is 42.4 Å². The van der Waals surface area contributed by atoms with Crippen LogP contribution in [0.5, 0.6) is 5.88 Å². The second-order valence-electron chi connectivity index (χ2n) is 4.27. The lowest BCUT2D eigenvalue weighted by Gasteiger charge is -2.38. The highest BCUT2D eigenvalue weighted by molar-refractivity contribution is 5.68. The van der Waals surface area contributed by atoms with Gasteiger partial charge >= 0.3 is 0 Å². The third kappa shape index (κ3) is 2.26. The van der Waals surface area contributed by atoms with Gasteiger partial charge in [-0.2, -0.15) is 4.98 Å². The predicted molar refractivity (Wildman–Crippen MR) is 65.2 cm³/mol. The lowest BCUT2D eigenvalue weighted by Crippen LogP contribution is -2.48. The summed E-state index contributed by atoms with van der Waals surface area (Å²) in [6.45, 7) is 5.56. The zero-order valence-corrected chi connectivity index (χ0v) is 10.4. The number of methoxy groups -OCH3 is 1. The minimum atomic E-state index is 0.173. The first-order valence-electron chi connectivity index (χ1n) is 5.66. The number of hydrogen-bond donors (Lipinski definition) is 1. The van der Waals surface area contributed by atoms with Gasteiger partial charge in [0.05, 0.1) is 25.9 Å². The number of morpholine rings is 1. The van der Waals surface area contributed by atoms with Gasteiger partial charge in [-0.05, 0) is 13.8 Å². The molecule has 6 nitrogen and oxygen atoms in total. The van der Waals surface area contributed by atoms with E-state index in [9.17, 15) is 0 Å². The highest BCUT2D eigenvalue weighted by atomic mass is 16.5. The van der Waals surface area contributed by atoms with E-state index in [-0.39, 0.29) is 12.1 Å². The van der Waals surface area contributed by atoms with Crippen molar-refractivity contribution in [2.75, 3.05) is 30.9 Å². The van der Waals surface area contributed by atoms with Gasteiger partial charge in [0, 0.05) is 6.54 Å². The number of aromatic nitrogens is 2. The second kappa shape index (κ2) is 4.75. The first kappa shape index (κ1) is 11.9. The number of nitrogen functional groups attached to an aromatic ring is 1. The van der Waals surface area contributed by atoms with E-state index >= 15 is 0 Å². The summed E-state index contributed by atoms with van der Waals surface area (Å²) in [6, 6.07) is 0.244. The molecule has 17 heavy (non-hydrogen) atoms. The smallest absolute Gasteiger partial charge is 0.242 e. The fraction of sp³-hybridized carbons (Fsp3) is 0.636. The van der Waals surface area contributed by atoms with E-state index in [2.05, 4.69) is 21.8 Å². The monoisotopic (exact) mass is 238 g/mol. The van der Waals surface area contributed by atoms with Crippen molar-refractivity contribution >= 4 is 11.5 Å². The molecular weight excluding hydrogens is 220 g/mol. The van der Waals surface area contributed by atoms with Crippen molar-refractivity contribution in [2.24, 2.45) is 0 Å². The van der Waals surface area contributed by atoms with E-state index in [1.54, 1.807) is 7.11 Å². The molecule has 1 saturated heterocycles. The minimum Gasteiger partial charge on any atom is -0.479 e. The summed E-state index contributed by atoms with van der Waals surface area (Å²) in [6.07, 6.45) is 1.64. The Morgan fingerprint density at radius 3 is 2.94 bits per heavy atom. The van der Waals surface area contributed by atoms with Crippen LogP contribution in [-0.2, 0) is 4.74 Å². The maximum Gasteiger partial charge on any atom is 0.242 e. The van der Waals surface area contributed by atoms with E-state index in [0.717, 1.165) is 12.4 Å². The van der Waals surface area contributed by atoms with Crippen LogP contribution in [0.2, 0.25) is 0 Å². The number of hydrogen-bond acceptors (Lipinski definition) is 6. The Balaban J connectivity index is 2.32. The summed E-state index contributed by atoms with van der Waals surface area (Å²) in [5, 5.41) is 0. The zero-order chi connectivity index (χ0) is 12.4. The van der Waals surface area contributed by atoms with Crippen LogP contribution in [0.25, 0.3) is 0 Å². The second-order valence-corrected chi connectivity index (χ2v) is 4.27. The Morgan fingerprint density at radius 1 is 1.47 bits per heavy atom. The molecule has 0 radical (unpaired) electrons. The fourth-order valence-electron chi connectivity index (χ4n) is 1.96. The summed E-state index contributed by atoms with van der Waals surface area (Å²) in [5.74, 6) is 1.14. The standard InChI is InChI=1S/C11H18N4O2/c1-7-5-17-8(2)4-15(7)10-9(12)11(16-3)14-6-13-10/h6-8H,4-5,12H2,1-3H3. The number of nitrogens with two attached hydrogens (primary N) is 1. The third-order valence-corrected chi connectivity index (χ3v) is 2.90. The van der Waals surface area contributed by atoms with Crippen molar-refractivity contribution in [3.63, 3.8) is 0 Å². The Hall–Kier alpha value is -1.56. The van der Waals surface area contributed by atoms with Crippen LogP contribution in [0, 0.1) is 0 Å². The molecule has 0 aromatic carbocycles. The summed E-state index contributed by atoms with van der Waals surface area (Å²) in [4.78, 5) is 10.4. The maximum atomic E-state index is 6.00. The molecule has 1 aromatic rings. The molecule has 94 valence electrons. The first-order valence-corrected chi connectivity index (χ1v) is 5.66. The normalized spacial score (nSPS) is 24.8. The molecule has 0 spiro atoms. The van der Waals surface area contributed by atoms with Crippen molar-refractivity contribution in [3.8, 4) is 5.88 Å². The van der Waals surface area contributed by atoms with Crippen molar-refractivity contribution in [1.82, 2.24) is 9.97 Å². The summed E-state index contributed by atoms with van der Waals surface area (Å²) < 4.78 is 10.7. The Bertz CT molecular complexity index is 399. The molecule has 0 amide bonds. The van der Waals surface area contributed by atoms with Crippen LogP contribution in [0.4, 0.5) is 11.5 Å². The number of rotatable bonds is 2. The average Bonchev–Trinajstić information content (AvgIpc) is 2.33. The topological polar surface area (TPSA) is 73.5 Å². The molecule has 1 fully saturated rings. The summed E-state index contributed by atoms with van der Waals surface area (Å²) in [7, 11) is 1.55. The van der Waals surface area contributed by atoms with Crippen molar-refractivity contribution in [1.29, 1.82) is 0 Å². The van der Waals surface area contributed by atoms with Crippen LogP contribution < -0.4 is 15.4 Å². The van der Waals surface area contributed by atoms with Crippen molar-refractivity contribution < 1.29 is 9.47 Å². The molecule has 1 aliphatic heterocycles. The molecule has 2 heterocycles. The molecule has 1 aliphatic rings. The van der Waals surface area contributed by atoms with Gasteiger partial charge in [-0.1, -0.05) is 0 Å². The maximum absolute atomic E-state index is 6.00. The number of nitrogens with zero attached hydrogens (tertiary/aromatic N) is 3. The quantitative estimate of drug-likeness (QED) is 0.816. The van der Waals surface area contributed by atoms with Crippen LogP contribution in [0.1, 0.15) is 13.8 Å². The molecule has 2 rings (SSSR count). The van der Waals surface area contributed by atoms with Gasteiger partial charge in [0.2, 0.25) is 5.88 Å². The highest BCUT2D eigenvalue weighted by Gasteiger charge is 2.27. The van der Waals surface area contributed by atoms with Gasteiger partial charge in [0.15, 0.2) is 5.82 Å². The molecule has 0 aliphatic carbocycles. The zero-order valence-electron chi connectivity index (χ0n) is 10.4. The van der Waals surface area contributed by atoms with Crippen LogP contribution in [0.15, 0.2) is 6.33 Å². The number of ether oxygens (including phenoxy) is 2. The van der Waals surface area contributed by atoms with E-state index in [1.165, 1.54) is 6.33 Å². The largest absolute Gasteiger partial charge is 0.479 e. The lowest BCUT2D eigenvalue weighted by atomic mass is 10.2. The van der Waals surface area contributed by atoms with E-state index in [1.807, 2.05) is 6.92 Å². The van der Waals surface area contributed by atoms with Gasteiger partial charge in [0.25, 0.3) is 0 Å². The highest BCUT2D eigenvalue weighted by Crippen LogP contribution is 2.30. The molecule has 0 bridgehead atoms. The SMILES string of the molecule is COc1ncnc(N2CC(C)OCC2C)c1N. The molecular formula is C11H18N4O2. The Labute approximate surface area is 101 Å². The van der Waals surface area contributed by atoms with E-state index in [4.69, 9.17) is 15.2 Å². The molecule has 6 heteroatoms. The fourth-order valence-corrected chi connectivity index (χ4v) is 1.96. The van der Waals surface area contributed by atoms with Gasteiger partial charge in [-0.25, -0.2) is 4.98 Å². The molecule has 2 N–H and O–H groups in total. The van der Waals surface area contributed by atoms with E-state index < -0.39 is 0 Å².